The highest BCUT2D eigenvalue weighted by molar-refractivity contribution is 5.96. The van der Waals surface area contributed by atoms with Crippen molar-refractivity contribution in [1.29, 1.82) is 0 Å². The predicted molar refractivity (Wildman–Crippen MR) is 62.9 cm³/mol. The highest BCUT2D eigenvalue weighted by Crippen LogP contribution is 2.30. The Hall–Kier alpha value is -1.55. The largest absolute Gasteiger partial charge is 0.490 e. The predicted octanol–water partition coefficient (Wildman–Crippen LogP) is 2.07. The smallest absolute Gasteiger partial charge is 0.165 e. The maximum Gasteiger partial charge on any atom is 0.165 e. The van der Waals surface area contributed by atoms with Crippen molar-refractivity contribution in [3.8, 4) is 11.5 Å². The number of methoxy groups -OCH3 is 1. The molecule has 0 spiro atoms. The number of hydrogen-bond donors (Lipinski definition) is 0. The molecule has 2 rings (SSSR count). The second-order valence-electron chi connectivity index (χ2n) is 3.88. The van der Waals surface area contributed by atoms with Gasteiger partial charge in [0.25, 0.3) is 0 Å². The number of hydrogen-bond acceptors (Lipinski definition) is 4. The van der Waals surface area contributed by atoms with Gasteiger partial charge < -0.3 is 14.2 Å². The molecule has 0 fully saturated rings. The molecule has 0 aliphatic carbocycles. The Morgan fingerprint density at radius 1 is 1.29 bits per heavy atom. The molecule has 0 amide bonds. The summed E-state index contributed by atoms with van der Waals surface area (Å²) in [5.41, 5.74) is 0.645. The first-order valence-corrected chi connectivity index (χ1v) is 5.73. The molecule has 0 N–H and O–H groups in total. The second kappa shape index (κ2) is 5.68. The highest BCUT2D eigenvalue weighted by atomic mass is 16.5. The van der Waals surface area contributed by atoms with Crippen LogP contribution in [0.25, 0.3) is 0 Å². The van der Waals surface area contributed by atoms with E-state index in [2.05, 4.69) is 0 Å². The van der Waals surface area contributed by atoms with Crippen LogP contribution in [0.3, 0.4) is 0 Å². The van der Waals surface area contributed by atoms with E-state index in [1.165, 1.54) is 0 Å². The Bertz CT molecular complexity index is 400. The van der Waals surface area contributed by atoms with Crippen LogP contribution in [-0.2, 0) is 4.74 Å². The molecule has 1 aromatic carbocycles. The summed E-state index contributed by atoms with van der Waals surface area (Å²) in [6.45, 7) is 1.72. The maximum atomic E-state index is 11.8. The minimum absolute atomic E-state index is 0.0579. The third-order valence-electron chi connectivity index (χ3n) is 2.60. The van der Waals surface area contributed by atoms with Crippen molar-refractivity contribution in [2.75, 3.05) is 26.9 Å². The third-order valence-corrected chi connectivity index (χ3v) is 2.60. The van der Waals surface area contributed by atoms with Crippen LogP contribution in [0.1, 0.15) is 23.2 Å². The lowest BCUT2D eigenvalue weighted by Crippen LogP contribution is -2.04. The Labute approximate surface area is 100 Å². The molecule has 0 unspecified atom stereocenters. The summed E-state index contributed by atoms with van der Waals surface area (Å²) in [6.07, 6.45) is 1.25. The number of Topliss-reactive ketones (excluding diaryl/α,β-unsaturated/α-hetero) is 1. The molecule has 1 heterocycles. The number of ether oxygens (including phenoxy) is 3. The lowest BCUT2D eigenvalue weighted by molar-refractivity contribution is 0.0932. The maximum absolute atomic E-state index is 11.8. The van der Waals surface area contributed by atoms with Crippen molar-refractivity contribution >= 4 is 5.78 Å². The van der Waals surface area contributed by atoms with Crippen LogP contribution in [0, 0.1) is 0 Å². The summed E-state index contributed by atoms with van der Waals surface area (Å²) < 4.78 is 15.9. The van der Waals surface area contributed by atoms with E-state index < -0.39 is 0 Å². The molecule has 4 nitrogen and oxygen atoms in total. The van der Waals surface area contributed by atoms with E-state index >= 15 is 0 Å². The Balaban J connectivity index is 2.14. The van der Waals surface area contributed by atoms with Crippen LogP contribution >= 0.6 is 0 Å². The summed E-state index contributed by atoms with van der Waals surface area (Å²) in [5, 5.41) is 0. The van der Waals surface area contributed by atoms with E-state index in [0.29, 0.717) is 43.3 Å². The quantitative estimate of drug-likeness (QED) is 0.751. The monoisotopic (exact) mass is 236 g/mol. The van der Waals surface area contributed by atoms with Crippen LogP contribution in [0.5, 0.6) is 11.5 Å². The van der Waals surface area contributed by atoms with Gasteiger partial charge in [-0.05, 0) is 18.2 Å². The van der Waals surface area contributed by atoms with Crippen molar-refractivity contribution in [1.82, 2.24) is 0 Å². The van der Waals surface area contributed by atoms with E-state index in [1.54, 1.807) is 25.3 Å². The van der Waals surface area contributed by atoms with Gasteiger partial charge in [-0.1, -0.05) is 0 Å². The summed E-state index contributed by atoms with van der Waals surface area (Å²) in [5.74, 6) is 1.43. The van der Waals surface area contributed by atoms with Gasteiger partial charge >= 0.3 is 0 Å². The molecule has 4 heteroatoms. The Kier molecular flexibility index (Phi) is 3.98. The minimum atomic E-state index is 0.0579. The summed E-state index contributed by atoms with van der Waals surface area (Å²) in [4.78, 5) is 11.8. The molecular weight excluding hydrogens is 220 g/mol. The molecule has 0 saturated carbocycles. The molecule has 0 radical (unpaired) electrons. The summed E-state index contributed by atoms with van der Waals surface area (Å²) >= 11 is 0. The first-order chi connectivity index (χ1) is 8.31. The standard InChI is InChI=1S/C13H16O4/c1-15-8-5-11(14)10-3-4-12-13(9-10)17-7-2-6-16-12/h3-4,9H,2,5-8H2,1H3. The van der Waals surface area contributed by atoms with Crippen molar-refractivity contribution in [2.24, 2.45) is 0 Å². The first kappa shape index (κ1) is 11.9. The fraction of sp³-hybridized carbons (Fsp3) is 0.462. The SMILES string of the molecule is COCCC(=O)c1ccc2c(c1)OCCCO2. The zero-order valence-corrected chi connectivity index (χ0v) is 9.90. The Morgan fingerprint density at radius 3 is 2.82 bits per heavy atom. The van der Waals surface area contributed by atoms with Crippen molar-refractivity contribution in [3.63, 3.8) is 0 Å². The third kappa shape index (κ3) is 2.97. The van der Waals surface area contributed by atoms with Crippen molar-refractivity contribution < 1.29 is 19.0 Å². The number of carbonyl (C=O) groups is 1. The van der Waals surface area contributed by atoms with E-state index in [1.807, 2.05) is 0 Å². The number of carbonyl (C=O) groups excluding carboxylic acids is 1. The lowest BCUT2D eigenvalue weighted by Gasteiger charge is -2.08. The van der Waals surface area contributed by atoms with E-state index in [4.69, 9.17) is 14.2 Å². The van der Waals surface area contributed by atoms with Gasteiger partial charge in [0, 0.05) is 25.5 Å². The first-order valence-electron chi connectivity index (χ1n) is 5.73. The highest BCUT2D eigenvalue weighted by Gasteiger charge is 2.13. The van der Waals surface area contributed by atoms with Crippen molar-refractivity contribution in [2.45, 2.75) is 12.8 Å². The van der Waals surface area contributed by atoms with Crippen LogP contribution in [-0.4, -0.2) is 32.7 Å². The zero-order valence-electron chi connectivity index (χ0n) is 9.90. The van der Waals surface area contributed by atoms with Crippen LogP contribution in [0.2, 0.25) is 0 Å². The molecule has 92 valence electrons. The fourth-order valence-corrected chi connectivity index (χ4v) is 1.68. The normalized spacial score (nSPS) is 14.2. The zero-order chi connectivity index (χ0) is 12.1. The molecule has 1 aliphatic rings. The van der Waals surface area contributed by atoms with Gasteiger partial charge in [0.15, 0.2) is 17.3 Å². The van der Waals surface area contributed by atoms with E-state index in [9.17, 15) is 4.79 Å². The van der Waals surface area contributed by atoms with Crippen LogP contribution in [0.15, 0.2) is 18.2 Å². The molecule has 1 aliphatic heterocycles. The van der Waals surface area contributed by atoms with Crippen molar-refractivity contribution in [3.05, 3.63) is 23.8 Å². The fourth-order valence-electron chi connectivity index (χ4n) is 1.68. The number of benzene rings is 1. The van der Waals surface area contributed by atoms with Gasteiger partial charge in [0.2, 0.25) is 0 Å². The number of ketones is 1. The molecule has 0 saturated heterocycles. The van der Waals surface area contributed by atoms with Gasteiger partial charge in [-0.15, -0.1) is 0 Å². The van der Waals surface area contributed by atoms with E-state index in [0.717, 1.165) is 6.42 Å². The minimum Gasteiger partial charge on any atom is -0.490 e. The van der Waals surface area contributed by atoms with Gasteiger partial charge in [-0.3, -0.25) is 4.79 Å². The molecule has 0 atom stereocenters. The number of fused-ring (bicyclic) bond motifs is 1. The average Bonchev–Trinajstić information content (AvgIpc) is 2.60. The molecule has 1 aromatic rings. The molecule has 0 aromatic heterocycles. The molecule has 17 heavy (non-hydrogen) atoms. The molecule has 0 bridgehead atoms. The average molecular weight is 236 g/mol. The van der Waals surface area contributed by atoms with Gasteiger partial charge in [0.1, 0.15) is 0 Å². The second-order valence-corrected chi connectivity index (χ2v) is 3.88. The van der Waals surface area contributed by atoms with Gasteiger partial charge in [-0.2, -0.15) is 0 Å². The Morgan fingerprint density at radius 2 is 2.06 bits per heavy atom. The van der Waals surface area contributed by atoms with Gasteiger partial charge in [0.05, 0.1) is 19.8 Å². The summed E-state index contributed by atoms with van der Waals surface area (Å²) in [7, 11) is 1.58. The van der Waals surface area contributed by atoms with E-state index in [-0.39, 0.29) is 5.78 Å². The van der Waals surface area contributed by atoms with Crippen LogP contribution < -0.4 is 9.47 Å². The summed E-state index contributed by atoms with van der Waals surface area (Å²) in [6, 6.07) is 5.31. The van der Waals surface area contributed by atoms with Gasteiger partial charge in [-0.25, -0.2) is 0 Å². The number of rotatable bonds is 4. The topological polar surface area (TPSA) is 44.8 Å². The lowest BCUT2D eigenvalue weighted by atomic mass is 10.1. The molecular formula is C13H16O4. The van der Waals surface area contributed by atoms with Crippen LogP contribution in [0.4, 0.5) is 0 Å².